The Morgan fingerprint density at radius 1 is 1.06 bits per heavy atom. The summed E-state index contributed by atoms with van der Waals surface area (Å²) < 4.78 is 0. The van der Waals surface area contributed by atoms with E-state index in [0.29, 0.717) is 0 Å². The number of nitrogens with zero attached hydrogens (tertiary/aromatic N) is 1. The molecule has 2 rings (SSSR count). The molecule has 92 valence electrons. The van der Waals surface area contributed by atoms with E-state index in [0.717, 1.165) is 16.2 Å². The second-order valence-electron chi connectivity index (χ2n) is 3.71. The number of hydrogen-bond acceptors (Lipinski definition) is 4. The van der Waals surface area contributed by atoms with Crippen LogP contribution in [0, 0.1) is 10.1 Å². The van der Waals surface area contributed by atoms with Crippen molar-refractivity contribution in [2.45, 2.75) is 10.6 Å². The maximum absolute atomic E-state index is 10.5. The first-order chi connectivity index (χ1) is 8.65. The Morgan fingerprint density at radius 3 is 2.22 bits per heavy atom. The van der Waals surface area contributed by atoms with E-state index >= 15 is 0 Å². The molecule has 5 heteroatoms. The van der Waals surface area contributed by atoms with Crippen molar-refractivity contribution in [1.82, 2.24) is 0 Å². The van der Waals surface area contributed by atoms with E-state index in [2.05, 4.69) is 0 Å². The molecule has 0 spiro atoms. The highest BCUT2D eigenvalue weighted by atomic mass is 32.2. The topological polar surface area (TPSA) is 63.4 Å². The van der Waals surface area contributed by atoms with E-state index in [-0.39, 0.29) is 11.4 Å². The molecule has 0 saturated heterocycles. The fourth-order valence-electron chi connectivity index (χ4n) is 1.42. The lowest BCUT2D eigenvalue weighted by Crippen LogP contribution is -1.88. The largest absolute Gasteiger partial charge is 0.508 e. The van der Waals surface area contributed by atoms with Crippen LogP contribution in [0.3, 0.4) is 0 Å². The number of non-ortho nitro benzene ring substituents is 1. The molecule has 0 aliphatic heterocycles. The average Bonchev–Trinajstić information content (AvgIpc) is 2.38. The Bertz CT molecular complexity index is 537. The predicted octanol–water partition coefficient (Wildman–Crippen LogP) is 3.59. The monoisotopic (exact) mass is 261 g/mol. The highest BCUT2D eigenvalue weighted by Crippen LogP contribution is 2.25. The molecule has 0 aliphatic rings. The number of aromatic hydroxyl groups is 1. The van der Waals surface area contributed by atoms with Gasteiger partial charge in [-0.05, 0) is 29.8 Å². The third-order valence-electron chi connectivity index (χ3n) is 2.39. The zero-order valence-electron chi connectivity index (χ0n) is 9.45. The van der Waals surface area contributed by atoms with Crippen molar-refractivity contribution in [3.8, 4) is 5.75 Å². The summed E-state index contributed by atoms with van der Waals surface area (Å²) in [5.74, 6) is 0.984. The van der Waals surface area contributed by atoms with Crippen molar-refractivity contribution in [2.24, 2.45) is 0 Å². The molecule has 0 bridgehead atoms. The van der Waals surface area contributed by atoms with Crippen LogP contribution in [0.15, 0.2) is 53.4 Å². The number of phenolic OH excluding ortho intramolecular Hbond substituents is 1. The van der Waals surface area contributed by atoms with Gasteiger partial charge in [-0.1, -0.05) is 12.1 Å². The first-order valence-electron chi connectivity index (χ1n) is 5.30. The molecule has 1 N–H and O–H groups in total. The summed E-state index contributed by atoms with van der Waals surface area (Å²) in [4.78, 5) is 11.1. The van der Waals surface area contributed by atoms with Crippen molar-refractivity contribution >= 4 is 17.4 Å². The summed E-state index contributed by atoms with van der Waals surface area (Å²) >= 11 is 1.62. The lowest BCUT2D eigenvalue weighted by Gasteiger charge is -2.02. The number of rotatable bonds is 4. The number of thioether (sulfide) groups is 1. The van der Waals surface area contributed by atoms with Crippen LogP contribution < -0.4 is 0 Å². The van der Waals surface area contributed by atoms with Gasteiger partial charge in [0, 0.05) is 22.8 Å². The van der Waals surface area contributed by atoms with E-state index in [1.54, 1.807) is 36.0 Å². The Balaban J connectivity index is 1.97. The van der Waals surface area contributed by atoms with Gasteiger partial charge in [0.25, 0.3) is 5.69 Å². The van der Waals surface area contributed by atoms with Gasteiger partial charge in [0.2, 0.25) is 0 Å². The molecule has 0 atom stereocenters. The standard InChI is InChI=1S/C13H11NO3S/c15-12-5-7-13(8-6-12)18-9-10-1-3-11(4-2-10)14(16)17/h1-8,15H,9H2. The van der Waals surface area contributed by atoms with Crippen molar-refractivity contribution < 1.29 is 10.0 Å². The number of benzene rings is 2. The lowest BCUT2D eigenvalue weighted by molar-refractivity contribution is -0.384. The molecule has 2 aromatic carbocycles. The third-order valence-corrected chi connectivity index (χ3v) is 3.47. The van der Waals surface area contributed by atoms with Crippen molar-refractivity contribution in [3.63, 3.8) is 0 Å². The molecular formula is C13H11NO3S. The lowest BCUT2D eigenvalue weighted by atomic mass is 10.2. The van der Waals surface area contributed by atoms with Gasteiger partial charge in [-0.2, -0.15) is 0 Å². The van der Waals surface area contributed by atoms with Gasteiger partial charge in [0.05, 0.1) is 4.92 Å². The first kappa shape index (κ1) is 12.4. The smallest absolute Gasteiger partial charge is 0.269 e. The third kappa shape index (κ3) is 3.24. The minimum atomic E-state index is -0.406. The van der Waals surface area contributed by atoms with E-state index < -0.39 is 4.92 Å². The molecule has 0 fully saturated rings. The van der Waals surface area contributed by atoms with Crippen LogP contribution in [0.4, 0.5) is 5.69 Å². The van der Waals surface area contributed by atoms with E-state index in [1.165, 1.54) is 12.1 Å². The second kappa shape index (κ2) is 5.55. The van der Waals surface area contributed by atoms with Crippen LogP contribution in [-0.4, -0.2) is 10.0 Å². The minimum absolute atomic E-state index is 0.105. The molecule has 0 aliphatic carbocycles. The zero-order chi connectivity index (χ0) is 13.0. The van der Waals surface area contributed by atoms with Crippen molar-refractivity contribution in [3.05, 3.63) is 64.2 Å². The van der Waals surface area contributed by atoms with E-state index in [9.17, 15) is 10.1 Å². The maximum Gasteiger partial charge on any atom is 0.269 e. The van der Waals surface area contributed by atoms with E-state index in [4.69, 9.17) is 5.11 Å². The molecule has 0 saturated carbocycles. The van der Waals surface area contributed by atoms with Crippen LogP contribution in [0.25, 0.3) is 0 Å². The quantitative estimate of drug-likeness (QED) is 0.519. The zero-order valence-corrected chi connectivity index (χ0v) is 10.3. The van der Waals surface area contributed by atoms with Gasteiger partial charge in [0.15, 0.2) is 0 Å². The number of hydrogen-bond donors (Lipinski definition) is 1. The van der Waals surface area contributed by atoms with Gasteiger partial charge in [-0.25, -0.2) is 0 Å². The van der Waals surface area contributed by atoms with Crippen molar-refractivity contribution in [1.29, 1.82) is 0 Å². The van der Waals surface area contributed by atoms with E-state index in [1.807, 2.05) is 12.1 Å². The van der Waals surface area contributed by atoms with Gasteiger partial charge in [0.1, 0.15) is 5.75 Å². The SMILES string of the molecule is O=[N+]([O-])c1ccc(CSc2ccc(O)cc2)cc1. The Kier molecular flexibility index (Phi) is 3.84. The van der Waals surface area contributed by atoms with Crippen molar-refractivity contribution in [2.75, 3.05) is 0 Å². The summed E-state index contributed by atoms with van der Waals surface area (Å²) in [6.45, 7) is 0. The summed E-state index contributed by atoms with van der Waals surface area (Å²) in [5, 5.41) is 19.7. The fraction of sp³-hybridized carbons (Fsp3) is 0.0769. The molecule has 0 radical (unpaired) electrons. The van der Waals surface area contributed by atoms with Crippen LogP contribution >= 0.6 is 11.8 Å². The van der Waals surface area contributed by atoms with Crippen LogP contribution in [-0.2, 0) is 5.75 Å². The van der Waals surface area contributed by atoms with Gasteiger partial charge < -0.3 is 5.11 Å². The Hall–Kier alpha value is -2.01. The summed E-state index contributed by atoms with van der Waals surface area (Å²) in [6.07, 6.45) is 0. The summed E-state index contributed by atoms with van der Waals surface area (Å²) in [5.41, 5.74) is 1.13. The number of nitro groups is 1. The van der Waals surface area contributed by atoms with Crippen LogP contribution in [0.5, 0.6) is 5.75 Å². The highest BCUT2D eigenvalue weighted by Gasteiger charge is 2.04. The highest BCUT2D eigenvalue weighted by molar-refractivity contribution is 7.98. The molecule has 0 aromatic heterocycles. The molecule has 2 aromatic rings. The van der Waals surface area contributed by atoms with Crippen LogP contribution in [0.2, 0.25) is 0 Å². The summed E-state index contributed by atoms with van der Waals surface area (Å²) in [6, 6.07) is 13.5. The predicted molar refractivity (Wildman–Crippen MR) is 70.8 cm³/mol. The fourth-order valence-corrected chi connectivity index (χ4v) is 2.28. The molecule has 0 heterocycles. The molecule has 0 amide bonds. The average molecular weight is 261 g/mol. The molecule has 4 nitrogen and oxygen atoms in total. The first-order valence-corrected chi connectivity index (χ1v) is 6.29. The Labute approximate surface area is 108 Å². The van der Waals surface area contributed by atoms with Gasteiger partial charge in [-0.3, -0.25) is 10.1 Å². The summed E-state index contributed by atoms with van der Waals surface area (Å²) in [7, 11) is 0. The Morgan fingerprint density at radius 2 is 1.67 bits per heavy atom. The molecule has 18 heavy (non-hydrogen) atoms. The maximum atomic E-state index is 10.5. The molecule has 0 unspecified atom stereocenters. The second-order valence-corrected chi connectivity index (χ2v) is 4.75. The normalized spacial score (nSPS) is 10.2. The van der Waals surface area contributed by atoms with Gasteiger partial charge >= 0.3 is 0 Å². The minimum Gasteiger partial charge on any atom is -0.508 e. The van der Waals surface area contributed by atoms with Crippen LogP contribution in [0.1, 0.15) is 5.56 Å². The van der Waals surface area contributed by atoms with Gasteiger partial charge in [-0.15, -0.1) is 11.8 Å². The number of phenols is 1. The number of nitro benzene ring substituents is 1. The molecular weight excluding hydrogens is 250 g/mol.